The Balaban J connectivity index is 1.97. The van der Waals surface area contributed by atoms with Crippen LogP contribution in [0.2, 0.25) is 0 Å². The Bertz CT molecular complexity index is 585. The Morgan fingerprint density at radius 2 is 1.83 bits per heavy atom. The van der Waals surface area contributed by atoms with Crippen molar-refractivity contribution in [2.45, 2.75) is 19.4 Å². The number of hydrogen-bond donors (Lipinski definition) is 0. The van der Waals surface area contributed by atoms with Gasteiger partial charge in [0.2, 0.25) is 0 Å². The van der Waals surface area contributed by atoms with Crippen LogP contribution in [-0.2, 0) is 6.42 Å². The molecule has 18 heavy (non-hydrogen) atoms. The van der Waals surface area contributed by atoms with E-state index < -0.39 is 0 Å². The van der Waals surface area contributed by atoms with Crippen molar-refractivity contribution in [2.75, 3.05) is 0 Å². The quantitative estimate of drug-likeness (QED) is 0.749. The zero-order valence-corrected chi connectivity index (χ0v) is 10.2. The summed E-state index contributed by atoms with van der Waals surface area (Å²) >= 11 is 0. The Hall–Kier alpha value is -2.09. The number of ether oxygens (including phenoxy) is 1. The molecule has 90 valence electrons. The Morgan fingerprint density at radius 3 is 2.56 bits per heavy atom. The van der Waals surface area contributed by atoms with Crippen LogP contribution in [0.3, 0.4) is 0 Å². The second-order valence-corrected chi connectivity index (χ2v) is 4.69. The molecule has 1 unspecified atom stereocenters. The van der Waals surface area contributed by atoms with Gasteiger partial charge in [0, 0.05) is 12.0 Å². The van der Waals surface area contributed by atoms with Crippen LogP contribution >= 0.6 is 0 Å². The molecule has 0 saturated heterocycles. The van der Waals surface area contributed by atoms with Gasteiger partial charge in [-0.05, 0) is 35.7 Å². The van der Waals surface area contributed by atoms with E-state index in [0.29, 0.717) is 5.56 Å². The molecule has 0 aliphatic carbocycles. The Labute approximate surface area is 106 Å². The molecule has 0 aromatic heterocycles. The summed E-state index contributed by atoms with van der Waals surface area (Å²) in [6, 6.07) is 13.9. The number of rotatable bonds is 2. The molecule has 1 atom stereocenters. The summed E-state index contributed by atoms with van der Waals surface area (Å²) < 4.78 is 5.69. The first-order valence-corrected chi connectivity index (χ1v) is 6.11. The van der Waals surface area contributed by atoms with E-state index in [9.17, 15) is 4.79 Å². The van der Waals surface area contributed by atoms with Gasteiger partial charge in [0.05, 0.1) is 0 Å². The Morgan fingerprint density at radius 1 is 1.11 bits per heavy atom. The summed E-state index contributed by atoms with van der Waals surface area (Å²) in [5, 5.41) is 0. The number of carbonyl (C=O) groups excluding carboxylic acids is 1. The van der Waals surface area contributed by atoms with E-state index >= 15 is 0 Å². The van der Waals surface area contributed by atoms with Crippen LogP contribution in [0.4, 0.5) is 0 Å². The van der Waals surface area contributed by atoms with E-state index in [1.165, 1.54) is 11.1 Å². The van der Waals surface area contributed by atoms with Crippen molar-refractivity contribution < 1.29 is 9.53 Å². The summed E-state index contributed by atoms with van der Waals surface area (Å²) in [7, 11) is 0. The van der Waals surface area contributed by atoms with E-state index in [1.54, 1.807) is 0 Å². The van der Waals surface area contributed by atoms with Crippen LogP contribution in [0.1, 0.15) is 22.8 Å². The summed E-state index contributed by atoms with van der Waals surface area (Å²) in [6.45, 7) is 2.08. The third-order valence-corrected chi connectivity index (χ3v) is 3.28. The lowest BCUT2D eigenvalue weighted by Gasteiger charge is -2.05. The molecule has 0 N–H and O–H groups in total. The number of carbonyl (C=O) groups is 1. The summed E-state index contributed by atoms with van der Waals surface area (Å²) in [5.74, 6) is 0.996. The predicted molar refractivity (Wildman–Crippen MR) is 71.1 cm³/mol. The van der Waals surface area contributed by atoms with Gasteiger partial charge in [-0.1, -0.05) is 30.3 Å². The molecule has 3 rings (SSSR count). The van der Waals surface area contributed by atoms with Crippen LogP contribution in [-0.4, -0.2) is 12.4 Å². The van der Waals surface area contributed by atoms with Gasteiger partial charge in [-0.3, -0.25) is 4.79 Å². The largest absolute Gasteiger partial charge is 0.490 e. The molecule has 0 bridgehead atoms. The van der Waals surface area contributed by atoms with Crippen LogP contribution in [0.15, 0.2) is 42.5 Å². The molecule has 0 amide bonds. The van der Waals surface area contributed by atoms with E-state index in [-0.39, 0.29) is 6.10 Å². The molecule has 0 saturated carbocycles. The maximum absolute atomic E-state index is 10.6. The monoisotopic (exact) mass is 238 g/mol. The highest BCUT2D eigenvalue weighted by Crippen LogP contribution is 2.32. The molecule has 0 fully saturated rings. The maximum atomic E-state index is 10.6. The van der Waals surface area contributed by atoms with Gasteiger partial charge in [0.1, 0.15) is 18.1 Å². The zero-order chi connectivity index (χ0) is 12.5. The molecular formula is C16H14O2. The second kappa shape index (κ2) is 4.30. The van der Waals surface area contributed by atoms with Crippen molar-refractivity contribution in [2.24, 2.45) is 0 Å². The molecule has 1 heterocycles. The zero-order valence-electron chi connectivity index (χ0n) is 10.2. The van der Waals surface area contributed by atoms with Gasteiger partial charge in [-0.2, -0.15) is 0 Å². The van der Waals surface area contributed by atoms with E-state index in [1.807, 2.05) is 30.3 Å². The van der Waals surface area contributed by atoms with Crippen LogP contribution in [0.25, 0.3) is 11.1 Å². The summed E-state index contributed by atoms with van der Waals surface area (Å²) in [5.41, 5.74) is 4.27. The lowest BCUT2D eigenvalue weighted by molar-refractivity contribution is 0.112. The first-order valence-electron chi connectivity index (χ1n) is 6.11. The first-order chi connectivity index (χ1) is 8.76. The minimum absolute atomic E-state index is 0.271. The van der Waals surface area contributed by atoms with Crippen molar-refractivity contribution in [3.63, 3.8) is 0 Å². The normalized spacial score (nSPS) is 17.1. The van der Waals surface area contributed by atoms with Gasteiger partial charge in [0.25, 0.3) is 0 Å². The average molecular weight is 238 g/mol. The molecule has 1 aliphatic heterocycles. The first kappa shape index (κ1) is 11.0. The minimum atomic E-state index is 0.271. The number of fused-ring (bicyclic) bond motifs is 1. The smallest absolute Gasteiger partial charge is 0.150 e. The highest BCUT2D eigenvalue weighted by molar-refractivity contribution is 5.77. The number of benzene rings is 2. The highest BCUT2D eigenvalue weighted by atomic mass is 16.5. The van der Waals surface area contributed by atoms with Crippen molar-refractivity contribution in [1.82, 2.24) is 0 Å². The fourth-order valence-electron chi connectivity index (χ4n) is 2.36. The van der Waals surface area contributed by atoms with Crippen LogP contribution in [0, 0.1) is 0 Å². The lowest BCUT2D eigenvalue weighted by atomic mass is 10.0. The molecule has 2 nitrogen and oxygen atoms in total. The van der Waals surface area contributed by atoms with Gasteiger partial charge < -0.3 is 4.74 Å². The predicted octanol–water partition coefficient (Wildman–Crippen LogP) is 3.49. The lowest BCUT2D eigenvalue weighted by Crippen LogP contribution is -2.05. The van der Waals surface area contributed by atoms with Crippen LogP contribution < -0.4 is 4.74 Å². The minimum Gasteiger partial charge on any atom is -0.490 e. The van der Waals surface area contributed by atoms with E-state index in [0.717, 1.165) is 24.0 Å². The van der Waals surface area contributed by atoms with Gasteiger partial charge >= 0.3 is 0 Å². The molecule has 2 aromatic rings. The number of aldehydes is 1. The maximum Gasteiger partial charge on any atom is 0.150 e. The van der Waals surface area contributed by atoms with Crippen molar-refractivity contribution in [3.05, 3.63) is 53.6 Å². The third kappa shape index (κ3) is 1.90. The molecule has 0 spiro atoms. The average Bonchev–Trinajstić information content (AvgIpc) is 2.78. The SMILES string of the molecule is CC1Cc2cc(-c3ccc(C=O)cc3)ccc2O1. The fraction of sp³-hybridized carbons (Fsp3) is 0.188. The van der Waals surface area contributed by atoms with Crippen molar-refractivity contribution in [3.8, 4) is 16.9 Å². The fourth-order valence-corrected chi connectivity index (χ4v) is 2.36. The number of hydrogen-bond acceptors (Lipinski definition) is 2. The highest BCUT2D eigenvalue weighted by Gasteiger charge is 2.18. The molecule has 2 heteroatoms. The molecule has 1 aliphatic rings. The van der Waals surface area contributed by atoms with Crippen LogP contribution in [0.5, 0.6) is 5.75 Å². The standard InChI is InChI=1S/C16H14O2/c1-11-8-15-9-14(6-7-16(15)18-11)13-4-2-12(10-17)3-5-13/h2-7,9-11H,8H2,1H3. The van der Waals surface area contributed by atoms with E-state index in [2.05, 4.69) is 19.1 Å². The van der Waals surface area contributed by atoms with Gasteiger partial charge in [0.15, 0.2) is 0 Å². The van der Waals surface area contributed by atoms with Gasteiger partial charge in [-0.25, -0.2) is 0 Å². The molecule has 0 radical (unpaired) electrons. The van der Waals surface area contributed by atoms with Crippen molar-refractivity contribution in [1.29, 1.82) is 0 Å². The molecular weight excluding hydrogens is 224 g/mol. The van der Waals surface area contributed by atoms with Crippen molar-refractivity contribution >= 4 is 6.29 Å². The van der Waals surface area contributed by atoms with Gasteiger partial charge in [-0.15, -0.1) is 0 Å². The Kier molecular flexibility index (Phi) is 2.63. The van der Waals surface area contributed by atoms with E-state index in [4.69, 9.17) is 4.74 Å². The third-order valence-electron chi connectivity index (χ3n) is 3.28. The summed E-state index contributed by atoms with van der Waals surface area (Å²) in [6.07, 6.45) is 2.10. The topological polar surface area (TPSA) is 26.3 Å². The molecule has 2 aromatic carbocycles. The summed E-state index contributed by atoms with van der Waals surface area (Å²) in [4.78, 5) is 10.6. The second-order valence-electron chi connectivity index (χ2n) is 4.69.